The maximum Gasteiger partial charge on any atom is 0.249 e. The second-order valence-corrected chi connectivity index (χ2v) is 4.24. The predicted octanol–water partition coefficient (Wildman–Crippen LogP) is -0.622. The first-order chi connectivity index (χ1) is 7.02. The summed E-state index contributed by atoms with van der Waals surface area (Å²) in [5.41, 5.74) is 10.2. The molecule has 15 heavy (non-hydrogen) atoms. The summed E-state index contributed by atoms with van der Waals surface area (Å²) in [5.74, 6) is -1.68. The van der Waals surface area contributed by atoms with Crippen LogP contribution in [0.2, 0.25) is 0 Å². The molecular formula is C9H10N2O3S. The van der Waals surface area contributed by atoms with E-state index in [0.717, 1.165) is 0 Å². The van der Waals surface area contributed by atoms with Crippen LogP contribution in [-0.4, -0.2) is 21.8 Å². The van der Waals surface area contributed by atoms with Crippen LogP contribution >= 0.6 is 0 Å². The van der Waals surface area contributed by atoms with E-state index in [0.29, 0.717) is 0 Å². The van der Waals surface area contributed by atoms with Crippen molar-refractivity contribution in [3.05, 3.63) is 29.8 Å². The summed E-state index contributed by atoms with van der Waals surface area (Å²) in [6, 6.07) is 6.15. The van der Waals surface area contributed by atoms with Gasteiger partial charge in [0, 0.05) is 0 Å². The number of carbonyl (C=O) groups is 2. The van der Waals surface area contributed by atoms with E-state index in [2.05, 4.69) is 0 Å². The standard InChI is InChI=1S/C9H10N2O3S/c10-8(12)5-15(14)7-4-2-1-3-6(7)9(11)13/h1-4H,5H2,(H2,10,12)(H2,11,13). The lowest BCUT2D eigenvalue weighted by Crippen LogP contribution is -2.21. The smallest absolute Gasteiger partial charge is 0.249 e. The largest absolute Gasteiger partial charge is 0.369 e. The molecule has 0 fully saturated rings. The van der Waals surface area contributed by atoms with Gasteiger partial charge in [-0.05, 0) is 12.1 Å². The monoisotopic (exact) mass is 226 g/mol. The fraction of sp³-hybridized carbons (Fsp3) is 0.111. The highest BCUT2D eigenvalue weighted by molar-refractivity contribution is 7.85. The Kier molecular flexibility index (Phi) is 3.56. The third-order valence-electron chi connectivity index (χ3n) is 1.67. The second-order valence-electron chi connectivity index (χ2n) is 2.82. The molecule has 0 bridgehead atoms. The Morgan fingerprint density at radius 3 is 2.33 bits per heavy atom. The molecule has 0 spiro atoms. The molecule has 0 saturated heterocycles. The lowest BCUT2D eigenvalue weighted by atomic mass is 10.2. The summed E-state index contributed by atoms with van der Waals surface area (Å²) in [5, 5.41) is 0. The summed E-state index contributed by atoms with van der Waals surface area (Å²) in [4.78, 5) is 21.8. The topological polar surface area (TPSA) is 103 Å². The average Bonchev–Trinajstić information content (AvgIpc) is 2.16. The number of carbonyl (C=O) groups excluding carboxylic acids is 2. The summed E-state index contributed by atoms with van der Waals surface area (Å²) >= 11 is 0. The molecule has 4 N–H and O–H groups in total. The summed E-state index contributed by atoms with van der Waals surface area (Å²) in [6.45, 7) is 0. The van der Waals surface area contributed by atoms with E-state index in [4.69, 9.17) is 11.5 Å². The Balaban J connectivity index is 3.08. The van der Waals surface area contributed by atoms with E-state index in [1.54, 1.807) is 12.1 Å². The highest BCUT2D eigenvalue weighted by Gasteiger charge is 2.14. The van der Waals surface area contributed by atoms with Crippen molar-refractivity contribution in [1.82, 2.24) is 0 Å². The van der Waals surface area contributed by atoms with E-state index in [1.807, 2.05) is 0 Å². The number of hydrogen-bond acceptors (Lipinski definition) is 3. The zero-order valence-electron chi connectivity index (χ0n) is 7.80. The molecule has 0 aliphatic carbocycles. The number of amides is 2. The Labute approximate surface area is 88.9 Å². The molecule has 5 nitrogen and oxygen atoms in total. The van der Waals surface area contributed by atoms with Gasteiger partial charge in [-0.15, -0.1) is 0 Å². The number of benzene rings is 1. The lowest BCUT2D eigenvalue weighted by Gasteiger charge is -2.04. The molecule has 2 amide bonds. The molecule has 0 heterocycles. The van der Waals surface area contributed by atoms with Crippen LogP contribution in [0.5, 0.6) is 0 Å². The summed E-state index contributed by atoms with van der Waals surface area (Å²) < 4.78 is 11.6. The van der Waals surface area contributed by atoms with E-state index in [-0.39, 0.29) is 16.2 Å². The zero-order chi connectivity index (χ0) is 11.4. The molecule has 0 aromatic heterocycles. The fourth-order valence-electron chi connectivity index (χ4n) is 1.08. The summed E-state index contributed by atoms with van der Waals surface area (Å²) in [6.07, 6.45) is 0. The van der Waals surface area contributed by atoms with Crippen molar-refractivity contribution in [2.24, 2.45) is 11.5 Å². The molecule has 0 saturated carbocycles. The van der Waals surface area contributed by atoms with Crippen LogP contribution < -0.4 is 11.5 Å². The molecule has 1 unspecified atom stereocenters. The molecule has 1 rings (SSSR count). The molecule has 1 atom stereocenters. The maximum absolute atomic E-state index is 11.6. The van der Waals surface area contributed by atoms with Gasteiger partial charge in [-0.3, -0.25) is 13.8 Å². The van der Waals surface area contributed by atoms with E-state index in [1.165, 1.54) is 12.1 Å². The van der Waals surface area contributed by atoms with Crippen molar-refractivity contribution in [3.8, 4) is 0 Å². The summed E-state index contributed by atoms with van der Waals surface area (Å²) in [7, 11) is -1.62. The van der Waals surface area contributed by atoms with Crippen LogP contribution in [0.3, 0.4) is 0 Å². The molecule has 0 radical (unpaired) electrons. The zero-order valence-corrected chi connectivity index (χ0v) is 8.62. The minimum Gasteiger partial charge on any atom is -0.369 e. The van der Waals surface area contributed by atoms with Gasteiger partial charge in [0.05, 0.1) is 21.3 Å². The Morgan fingerprint density at radius 2 is 1.80 bits per heavy atom. The van der Waals surface area contributed by atoms with Crippen molar-refractivity contribution in [2.75, 3.05) is 5.75 Å². The molecule has 80 valence electrons. The molecule has 1 aromatic rings. The molecule has 6 heteroatoms. The van der Waals surface area contributed by atoms with Crippen LogP contribution in [0.25, 0.3) is 0 Å². The highest BCUT2D eigenvalue weighted by Crippen LogP contribution is 2.12. The van der Waals surface area contributed by atoms with Crippen molar-refractivity contribution < 1.29 is 13.8 Å². The maximum atomic E-state index is 11.6. The first kappa shape index (κ1) is 11.4. The van der Waals surface area contributed by atoms with Crippen molar-refractivity contribution >= 4 is 22.6 Å². The van der Waals surface area contributed by atoms with E-state index >= 15 is 0 Å². The molecule has 0 aliphatic rings. The Bertz CT molecular complexity index is 431. The minimum atomic E-state index is -1.62. The quantitative estimate of drug-likeness (QED) is 0.714. The van der Waals surface area contributed by atoms with E-state index < -0.39 is 22.6 Å². The van der Waals surface area contributed by atoms with Crippen LogP contribution in [0, 0.1) is 0 Å². The van der Waals surface area contributed by atoms with Crippen molar-refractivity contribution in [3.63, 3.8) is 0 Å². The minimum absolute atomic E-state index is 0.150. The van der Waals surface area contributed by atoms with Crippen molar-refractivity contribution in [1.29, 1.82) is 0 Å². The van der Waals surface area contributed by atoms with Gasteiger partial charge in [-0.2, -0.15) is 0 Å². The Hall–Kier alpha value is -1.69. The van der Waals surface area contributed by atoms with Crippen molar-refractivity contribution in [2.45, 2.75) is 4.90 Å². The third kappa shape index (κ3) is 2.88. The van der Waals surface area contributed by atoms with Crippen LogP contribution in [0.4, 0.5) is 0 Å². The molecule has 1 aromatic carbocycles. The number of hydrogen-bond donors (Lipinski definition) is 2. The number of rotatable bonds is 4. The van der Waals surface area contributed by atoms with Gasteiger partial charge in [-0.1, -0.05) is 12.1 Å². The molecule has 0 aliphatic heterocycles. The van der Waals surface area contributed by atoms with Crippen LogP contribution in [0.1, 0.15) is 10.4 Å². The van der Waals surface area contributed by atoms with Gasteiger partial charge in [0.25, 0.3) is 0 Å². The highest BCUT2D eigenvalue weighted by atomic mass is 32.2. The van der Waals surface area contributed by atoms with Gasteiger partial charge in [0.2, 0.25) is 11.8 Å². The lowest BCUT2D eigenvalue weighted by molar-refractivity contribution is -0.115. The SMILES string of the molecule is NC(=O)CS(=O)c1ccccc1C(N)=O. The molecular weight excluding hydrogens is 216 g/mol. The van der Waals surface area contributed by atoms with Gasteiger partial charge in [0.15, 0.2) is 0 Å². The fourth-order valence-corrected chi connectivity index (χ4v) is 2.13. The predicted molar refractivity (Wildman–Crippen MR) is 55.4 cm³/mol. The average molecular weight is 226 g/mol. The van der Waals surface area contributed by atoms with Gasteiger partial charge in [-0.25, -0.2) is 0 Å². The number of nitrogens with two attached hydrogens (primary N) is 2. The number of primary amides is 2. The normalized spacial score (nSPS) is 12.0. The Morgan fingerprint density at radius 1 is 1.20 bits per heavy atom. The first-order valence-corrected chi connectivity index (χ1v) is 5.39. The van der Waals surface area contributed by atoms with Gasteiger partial charge >= 0.3 is 0 Å². The van der Waals surface area contributed by atoms with Crippen LogP contribution in [-0.2, 0) is 15.6 Å². The third-order valence-corrected chi connectivity index (χ3v) is 3.06. The second kappa shape index (κ2) is 4.70. The van der Waals surface area contributed by atoms with Crippen LogP contribution in [0.15, 0.2) is 29.2 Å². The van der Waals surface area contributed by atoms with Gasteiger partial charge < -0.3 is 11.5 Å². The van der Waals surface area contributed by atoms with E-state index in [9.17, 15) is 13.8 Å². The first-order valence-electron chi connectivity index (χ1n) is 4.08. The van der Waals surface area contributed by atoms with Gasteiger partial charge in [0.1, 0.15) is 5.75 Å².